The van der Waals surface area contributed by atoms with Crippen LogP contribution in [0.5, 0.6) is 0 Å². The van der Waals surface area contributed by atoms with Gasteiger partial charge in [0.2, 0.25) is 0 Å². The van der Waals surface area contributed by atoms with Gasteiger partial charge in [0.25, 0.3) is 5.91 Å². The van der Waals surface area contributed by atoms with Crippen molar-refractivity contribution in [1.29, 1.82) is 0 Å². The molecule has 1 atom stereocenters. The standard InChI is InChI=1S/C15H22N2O3S/c1-3-10-21(19,20)14-7-5-4-6-13(14)15(18)17-9-8-16-12(2)11-17/h4-7,12,16H,3,8-11H2,1-2H3/t12-/m1/s1. The molecular formula is C15H22N2O3S. The lowest BCUT2D eigenvalue weighted by molar-refractivity contribution is 0.0705. The minimum Gasteiger partial charge on any atom is -0.336 e. The SMILES string of the molecule is CCCS(=O)(=O)c1ccccc1C(=O)N1CCN[C@H](C)C1. The van der Waals surface area contributed by atoms with Gasteiger partial charge in [0.15, 0.2) is 9.84 Å². The topological polar surface area (TPSA) is 66.5 Å². The van der Waals surface area contributed by atoms with Crippen molar-refractivity contribution >= 4 is 15.7 Å². The second kappa shape index (κ2) is 6.58. The van der Waals surface area contributed by atoms with E-state index in [2.05, 4.69) is 5.32 Å². The highest BCUT2D eigenvalue weighted by molar-refractivity contribution is 7.91. The minimum atomic E-state index is -3.40. The summed E-state index contributed by atoms with van der Waals surface area (Å²) in [4.78, 5) is 14.5. The van der Waals surface area contributed by atoms with Gasteiger partial charge >= 0.3 is 0 Å². The quantitative estimate of drug-likeness (QED) is 0.910. The molecule has 0 aromatic heterocycles. The monoisotopic (exact) mass is 310 g/mol. The minimum absolute atomic E-state index is 0.0647. The molecule has 2 rings (SSSR count). The van der Waals surface area contributed by atoms with Crippen molar-refractivity contribution in [1.82, 2.24) is 10.2 Å². The number of carbonyl (C=O) groups is 1. The third-order valence-electron chi connectivity index (χ3n) is 3.58. The Morgan fingerprint density at radius 1 is 1.38 bits per heavy atom. The maximum Gasteiger partial charge on any atom is 0.255 e. The van der Waals surface area contributed by atoms with Crippen molar-refractivity contribution in [2.24, 2.45) is 0 Å². The van der Waals surface area contributed by atoms with Crippen LogP contribution in [0.25, 0.3) is 0 Å². The number of nitrogens with one attached hydrogen (secondary N) is 1. The zero-order chi connectivity index (χ0) is 15.5. The molecule has 1 N–H and O–H groups in total. The summed E-state index contributed by atoms with van der Waals surface area (Å²) in [6.07, 6.45) is 0.537. The first-order chi connectivity index (χ1) is 9.95. The molecule has 116 valence electrons. The molecule has 1 aromatic rings. The lowest BCUT2D eigenvalue weighted by Crippen LogP contribution is -2.51. The number of carbonyl (C=O) groups excluding carboxylic acids is 1. The normalized spacial score (nSPS) is 19.5. The smallest absolute Gasteiger partial charge is 0.255 e. The summed E-state index contributed by atoms with van der Waals surface area (Å²) in [6.45, 7) is 5.77. The molecule has 0 unspecified atom stereocenters. The lowest BCUT2D eigenvalue weighted by Gasteiger charge is -2.32. The molecule has 1 aliphatic heterocycles. The van der Waals surface area contributed by atoms with Crippen LogP contribution >= 0.6 is 0 Å². The van der Waals surface area contributed by atoms with E-state index in [0.29, 0.717) is 25.1 Å². The zero-order valence-electron chi connectivity index (χ0n) is 12.5. The van der Waals surface area contributed by atoms with E-state index in [0.717, 1.165) is 6.54 Å². The summed E-state index contributed by atoms with van der Waals surface area (Å²) in [5, 5.41) is 3.27. The van der Waals surface area contributed by atoms with E-state index in [4.69, 9.17) is 0 Å². The molecule has 21 heavy (non-hydrogen) atoms. The first kappa shape index (κ1) is 16.0. The largest absolute Gasteiger partial charge is 0.336 e. The molecule has 5 nitrogen and oxygen atoms in total. The van der Waals surface area contributed by atoms with Crippen molar-refractivity contribution in [2.75, 3.05) is 25.4 Å². The van der Waals surface area contributed by atoms with Crippen LogP contribution in [0.15, 0.2) is 29.2 Å². The van der Waals surface area contributed by atoms with Gasteiger partial charge in [-0.1, -0.05) is 19.1 Å². The molecule has 0 bridgehead atoms. The number of amides is 1. The zero-order valence-corrected chi connectivity index (χ0v) is 13.3. The van der Waals surface area contributed by atoms with Crippen molar-refractivity contribution in [2.45, 2.75) is 31.2 Å². The first-order valence-electron chi connectivity index (χ1n) is 7.30. The Morgan fingerprint density at radius 2 is 2.10 bits per heavy atom. The highest BCUT2D eigenvalue weighted by Gasteiger charge is 2.27. The van der Waals surface area contributed by atoms with Crippen LogP contribution in [0, 0.1) is 0 Å². The Kier molecular flexibility index (Phi) is 5.00. The van der Waals surface area contributed by atoms with Crippen molar-refractivity contribution in [3.8, 4) is 0 Å². The fraction of sp³-hybridized carbons (Fsp3) is 0.533. The highest BCUT2D eigenvalue weighted by atomic mass is 32.2. The molecule has 1 fully saturated rings. The predicted octanol–water partition coefficient (Wildman–Crippen LogP) is 1.30. The van der Waals surface area contributed by atoms with Gasteiger partial charge in [0, 0.05) is 25.7 Å². The molecule has 0 radical (unpaired) electrons. The van der Waals surface area contributed by atoms with Gasteiger partial charge in [-0.15, -0.1) is 0 Å². The summed E-state index contributed by atoms with van der Waals surface area (Å²) in [5.41, 5.74) is 0.292. The van der Waals surface area contributed by atoms with Gasteiger partial charge in [-0.05, 0) is 25.5 Å². The Morgan fingerprint density at radius 3 is 2.76 bits per heavy atom. The molecule has 6 heteroatoms. The third kappa shape index (κ3) is 3.63. The second-order valence-electron chi connectivity index (χ2n) is 5.42. The molecule has 1 heterocycles. The van der Waals surface area contributed by atoms with Gasteiger partial charge in [-0.25, -0.2) is 8.42 Å². The van der Waals surface area contributed by atoms with Crippen LogP contribution in [-0.2, 0) is 9.84 Å². The van der Waals surface area contributed by atoms with Crippen LogP contribution < -0.4 is 5.32 Å². The fourth-order valence-corrected chi connectivity index (χ4v) is 4.11. The highest BCUT2D eigenvalue weighted by Crippen LogP contribution is 2.20. The number of piperazine rings is 1. The number of benzene rings is 1. The molecule has 1 aromatic carbocycles. The van der Waals surface area contributed by atoms with E-state index >= 15 is 0 Å². The molecule has 1 aliphatic rings. The summed E-state index contributed by atoms with van der Waals surface area (Å²) in [5.74, 6) is -0.131. The Labute approximate surface area is 126 Å². The maximum absolute atomic E-state index is 12.7. The predicted molar refractivity (Wildman–Crippen MR) is 82.2 cm³/mol. The van der Waals surface area contributed by atoms with E-state index in [1.165, 1.54) is 6.07 Å². The Bertz CT molecular complexity index is 613. The Balaban J connectivity index is 2.34. The van der Waals surface area contributed by atoms with Crippen LogP contribution in [0.1, 0.15) is 30.6 Å². The molecule has 1 saturated heterocycles. The number of hydrogen-bond donors (Lipinski definition) is 1. The van der Waals surface area contributed by atoms with E-state index in [1.807, 2.05) is 13.8 Å². The van der Waals surface area contributed by atoms with Gasteiger partial charge in [-0.2, -0.15) is 0 Å². The second-order valence-corrected chi connectivity index (χ2v) is 7.50. The number of nitrogens with zero attached hydrogens (tertiary/aromatic N) is 1. The number of rotatable bonds is 4. The lowest BCUT2D eigenvalue weighted by atomic mass is 10.1. The van der Waals surface area contributed by atoms with Gasteiger partial charge in [-0.3, -0.25) is 4.79 Å². The third-order valence-corrected chi connectivity index (χ3v) is 5.55. The number of hydrogen-bond acceptors (Lipinski definition) is 4. The van der Waals surface area contributed by atoms with Crippen LogP contribution in [0.4, 0.5) is 0 Å². The summed E-state index contributed by atoms with van der Waals surface area (Å²) < 4.78 is 24.6. The van der Waals surface area contributed by atoms with Crippen LogP contribution in [0.3, 0.4) is 0 Å². The fourth-order valence-electron chi connectivity index (χ4n) is 2.58. The first-order valence-corrected chi connectivity index (χ1v) is 8.95. The average molecular weight is 310 g/mol. The molecular weight excluding hydrogens is 288 g/mol. The summed E-state index contributed by atoms with van der Waals surface area (Å²) in [6, 6.07) is 6.74. The molecule has 1 amide bonds. The van der Waals surface area contributed by atoms with E-state index in [1.54, 1.807) is 23.1 Å². The van der Waals surface area contributed by atoms with E-state index in [9.17, 15) is 13.2 Å². The van der Waals surface area contributed by atoms with Crippen molar-refractivity contribution in [3.63, 3.8) is 0 Å². The van der Waals surface area contributed by atoms with Crippen LogP contribution in [0.2, 0.25) is 0 Å². The van der Waals surface area contributed by atoms with Gasteiger partial charge < -0.3 is 10.2 Å². The van der Waals surface area contributed by atoms with Gasteiger partial charge in [0.05, 0.1) is 16.2 Å². The molecule has 0 spiro atoms. The average Bonchev–Trinajstić information content (AvgIpc) is 2.46. The van der Waals surface area contributed by atoms with Gasteiger partial charge in [0.1, 0.15) is 0 Å². The van der Waals surface area contributed by atoms with Crippen molar-refractivity contribution in [3.05, 3.63) is 29.8 Å². The molecule has 0 saturated carbocycles. The molecule has 0 aliphatic carbocycles. The van der Waals surface area contributed by atoms with Crippen molar-refractivity contribution < 1.29 is 13.2 Å². The maximum atomic E-state index is 12.7. The summed E-state index contributed by atoms with van der Waals surface area (Å²) in [7, 11) is -3.40. The summed E-state index contributed by atoms with van der Waals surface area (Å²) >= 11 is 0. The number of sulfone groups is 1. The van der Waals surface area contributed by atoms with E-state index in [-0.39, 0.29) is 22.6 Å². The van der Waals surface area contributed by atoms with E-state index < -0.39 is 9.84 Å². The Hall–Kier alpha value is -1.40. The van der Waals surface area contributed by atoms with Crippen LogP contribution in [-0.4, -0.2) is 50.7 Å².